The van der Waals surface area contributed by atoms with Gasteiger partial charge in [-0.25, -0.2) is 14.8 Å². The first-order valence-electron chi connectivity index (χ1n) is 7.32. The molecule has 1 saturated heterocycles. The Balaban J connectivity index is 1.99. The third kappa shape index (κ3) is 4.16. The van der Waals surface area contributed by atoms with Gasteiger partial charge in [-0.15, -0.1) is 0 Å². The summed E-state index contributed by atoms with van der Waals surface area (Å²) in [5.74, 6) is 0.533. The number of hydrogen-bond acceptors (Lipinski definition) is 6. The molecular weight excluding hydrogens is 284 g/mol. The number of carbonyl (C=O) groups is 2. The number of hydrogen-bond donors (Lipinski definition) is 0. The van der Waals surface area contributed by atoms with Gasteiger partial charge in [-0.2, -0.15) is 0 Å². The number of rotatable bonds is 2. The fourth-order valence-corrected chi connectivity index (χ4v) is 2.19. The smallest absolute Gasteiger partial charge is 0.410 e. The quantitative estimate of drug-likeness (QED) is 0.773. The highest BCUT2D eigenvalue weighted by Gasteiger charge is 2.26. The molecule has 7 nitrogen and oxygen atoms in total. The fourth-order valence-electron chi connectivity index (χ4n) is 2.19. The Morgan fingerprint density at radius 1 is 1.23 bits per heavy atom. The molecule has 0 atom stereocenters. The van der Waals surface area contributed by atoms with Crippen molar-refractivity contribution < 1.29 is 14.3 Å². The molecule has 0 bridgehead atoms. The molecule has 1 aliphatic heterocycles. The molecule has 1 fully saturated rings. The van der Waals surface area contributed by atoms with Crippen LogP contribution in [0.2, 0.25) is 0 Å². The Labute approximate surface area is 130 Å². The van der Waals surface area contributed by atoms with Gasteiger partial charge in [0.1, 0.15) is 11.3 Å². The summed E-state index contributed by atoms with van der Waals surface area (Å²) in [6.45, 7) is 9.69. The van der Waals surface area contributed by atoms with E-state index in [1.54, 1.807) is 11.0 Å². The van der Waals surface area contributed by atoms with E-state index < -0.39 is 5.60 Å². The van der Waals surface area contributed by atoms with Crippen LogP contribution >= 0.6 is 0 Å². The summed E-state index contributed by atoms with van der Waals surface area (Å²) in [5, 5.41) is 0. The Morgan fingerprint density at radius 2 is 1.86 bits per heavy atom. The largest absolute Gasteiger partial charge is 0.444 e. The lowest BCUT2D eigenvalue weighted by atomic mass is 10.2. The lowest BCUT2D eigenvalue weighted by Gasteiger charge is -2.35. The molecule has 1 aliphatic rings. The topological polar surface area (TPSA) is 75.6 Å². The summed E-state index contributed by atoms with van der Waals surface area (Å²) in [6.07, 6.45) is 0.417. The van der Waals surface area contributed by atoms with Gasteiger partial charge in [-0.3, -0.25) is 4.79 Å². The van der Waals surface area contributed by atoms with E-state index in [1.165, 1.54) is 0 Å². The molecular formula is C15H22N4O3. The molecule has 120 valence electrons. The van der Waals surface area contributed by atoms with Crippen LogP contribution in [-0.2, 0) is 4.74 Å². The van der Waals surface area contributed by atoms with Crippen molar-refractivity contribution in [2.24, 2.45) is 0 Å². The first-order valence-corrected chi connectivity index (χ1v) is 7.32. The van der Waals surface area contributed by atoms with Crippen molar-refractivity contribution in [3.05, 3.63) is 17.5 Å². The molecule has 0 aromatic carbocycles. The Bertz CT molecular complexity index is 560. The maximum absolute atomic E-state index is 12.0. The summed E-state index contributed by atoms with van der Waals surface area (Å²) < 4.78 is 5.36. The SMILES string of the molecule is Cc1cc(C=O)nc(N2CCN(C(=O)OC(C)(C)C)CC2)n1. The zero-order chi connectivity index (χ0) is 16.3. The summed E-state index contributed by atoms with van der Waals surface area (Å²) >= 11 is 0. The second-order valence-electron chi connectivity index (χ2n) is 6.31. The van der Waals surface area contributed by atoms with E-state index in [4.69, 9.17) is 4.74 Å². The van der Waals surface area contributed by atoms with Gasteiger partial charge in [-0.1, -0.05) is 0 Å². The van der Waals surface area contributed by atoms with Crippen molar-refractivity contribution in [1.29, 1.82) is 0 Å². The molecule has 2 rings (SSSR count). The summed E-state index contributed by atoms with van der Waals surface area (Å²) in [6, 6.07) is 1.65. The van der Waals surface area contributed by atoms with E-state index in [1.807, 2.05) is 32.6 Å². The lowest BCUT2D eigenvalue weighted by molar-refractivity contribution is 0.0240. The lowest BCUT2D eigenvalue weighted by Crippen LogP contribution is -2.50. The molecule has 1 aromatic rings. The second kappa shape index (κ2) is 6.29. The van der Waals surface area contributed by atoms with Crippen LogP contribution in [0, 0.1) is 6.92 Å². The van der Waals surface area contributed by atoms with Crippen LogP contribution in [0.25, 0.3) is 0 Å². The maximum atomic E-state index is 12.0. The first kappa shape index (κ1) is 16.2. The van der Waals surface area contributed by atoms with Gasteiger partial charge in [0.15, 0.2) is 6.29 Å². The third-order valence-corrected chi connectivity index (χ3v) is 3.20. The molecule has 0 spiro atoms. The van der Waals surface area contributed by atoms with Crippen LogP contribution in [0.5, 0.6) is 0 Å². The van der Waals surface area contributed by atoms with E-state index >= 15 is 0 Å². The van der Waals surface area contributed by atoms with Gasteiger partial charge in [0.25, 0.3) is 0 Å². The van der Waals surface area contributed by atoms with E-state index in [-0.39, 0.29) is 6.09 Å². The molecule has 0 radical (unpaired) electrons. The maximum Gasteiger partial charge on any atom is 0.410 e. The van der Waals surface area contributed by atoms with Gasteiger partial charge < -0.3 is 14.5 Å². The number of nitrogens with zero attached hydrogens (tertiary/aromatic N) is 4. The molecule has 0 unspecified atom stereocenters. The minimum atomic E-state index is -0.493. The molecule has 7 heteroatoms. The number of carbonyl (C=O) groups excluding carboxylic acids is 2. The van der Waals surface area contributed by atoms with Crippen molar-refractivity contribution in [2.45, 2.75) is 33.3 Å². The monoisotopic (exact) mass is 306 g/mol. The Kier molecular flexibility index (Phi) is 4.63. The van der Waals surface area contributed by atoms with Gasteiger partial charge >= 0.3 is 6.09 Å². The standard InChI is InChI=1S/C15H22N4O3/c1-11-9-12(10-20)17-13(16-11)18-5-7-19(8-6-18)14(21)22-15(2,3)4/h9-10H,5-8H2,1-4H3. The molecule has 0 saturated carbocycles. The average molecular weight is 306 g/mol. The number of piperazine rings is 1. The van der Waals surface area contributed by atoms with Crippen molar-refractivity contribution >= 4 is 18.3 Å². The van der Waals surface area contributed by atoms with Gasteiger partial charge in [0, 0.05) is 31.9 Å². The molecule has 0 aliphatic carbocycles. The first-order chi connectivity index (χ1) is 10.3. The van der Waals surface area contributed by atoms with Gasteiger partial charge in [-0.05, 0) is 33.8 Å². The molecule has 22 heavy (non-hydrogen) atoms. The van der Waals surface area contributed by atoms with Crippen molar-refractivity contribution in [3.63, 3.8) is 0 Å². The minimum absolute atomic E-state index is 0.300. The van der Waals surface area contributed by atoms with Crippen LogP contribution in [0.4, 0.5) is 10.7 Å². The predicted molar refractivity (Wildman–Crippen MR) is 82.2 cm³/mol. The summed E-state index contributed by atoms with van der Waals surface area (Å²) in [7, 11) is 0. The number of ether oxygens (including phenoxy) is 1. The van der Waals surface area contributed by atoms with Crippen molar-refractivity contribution in [1.82, 2.24) is 14.9 Å². The predicted octanol–water partition coefficient (Wildman–Crippen LogP) is 1.65. The summed E-state index contributed by atoms with van der Waals surface area (Å²) in [5.41, 5.74) is 0.631. The molecule has 0 N–H and O–H groups in total. The van der Waals surface area contributed by atoms with Gasteiger partial charge in [0.2, 0.25) is 5.95 Å². The van der Waals surface area contributed by atoms with E-state index in [0.717, 1.165) is 12.0 Å². The minimum Gasteiger partial charge on any atom is -0.444 e. The molecule has 2 heterocycles. The average Bonchev–Trinajstić information content (AvgIpc) is 2.45. The van der Waals surface area contributed by atoms with E-state index in [9.17, 15) is 9.59 Å². The number of amides is 1. The summed E-state index contributed by atoms with van der Waals surface area (Å²) in [4.78, 5) is 35.1. The van der Waals surface area contributed by atoms with Crippen LogP contribution < -0.4 is 4.90 Å². The number of aryl methyl sites for hydroxylation is 1. The highest BCUT2D eigenvalue weighted by atomic mass is 16.6. The van der Waals surface area contributed by atoms with Crippen LogP contribution in [-0.4, -0.2) is 59.0 Å². The zero-order valence-electron chi connectivity index (χ0n) is 13.5. The molecule has 1 amide bonds. The highest BCUT2D eigenvalue weighted by molar-refractivity contribution is 5.72. The van der Waals surface area contributed by atoms with Crippen LogP contribution in [0.15, 0.2) is 6.07 Å². The second-order valence-corrected chi connectivity index (χ2v) is 6.31. The van der Waals surface area contributed by atoms with Crippen LogP contribution in [0.3, 0.4) is 0 Å². The zero-order valence-corrected chi connectivity index (χ0v) is 13.5. The van der Waals surface area contributed by atoms with E-state index in [0.29, 0.717) is 37.8 Å². The highest BCUT2D eigenvalue weighted by Crippen LogP contribution is 2.15. The number of aldehydes is 1. The normalized spacial score (nSPS) is 15.6. The third-order valence-electron chi connectivity index (χ3n) is 3.20. The van der Waals surface area contributed by atoms with Gasteiger partial charge in [0.05, 0.1) is 0 Å². The number of aromatic nitrogens is 2. The molecule has 1 aromatic heterocycles. The fraction of sp³-hybridized carbons (Fsp3) is 0.600. The van der Waals surface area contributed by atoms with Crippen LogP contribution in [0.1, 0.15) is 37.0 Å². The van der Waals surface area contributed by atoms with Crippen molar-refractivity contribution in [3.8, 4) is 0 Å². The number of anilines is 1. The Hall–Kier alpha value is -2.18. The Morgan fingerprint density at radius 3 is 2.41 bits per heavy atom. The van der Waals surface area contributed by atoms with E-state index in [2.05, 4.69) is 9.97 Å². The van der Waals surface area contributed by atoms with Crippen molar-refractivity contribution in [2.75, 3.05) is 31.1 Å².